The summed E-state index contributed by atoms with van der Waals surface area (Å²) in [5.74, 6) is -1.75. The lowest BCUT2D eigenvalue weighted by molar-refractivity contribution is -0.309. The number of amides is 1. The molecular formula is C13H10NO4S2-. The first kappa shape index (κ1) is 14.5. The molecular weight excluding hydrogens is 298 g/mol. The van der Waals surface area contributed by atoms with Crippen molar-refractivity contribution in [3.05, 3.63) is 34.7 Å². The highest BCUT2D eigenvalue weighted by Gasteiger charge is 2.35. The number of carboxylic acids is 1. The molecule has 0 saturated carbocycles. The number of phenols is 1. The van der Waals surface area contributed by atoms with Crippen molar-refractivity contribution in [1.82, 2.24) is 4.90 Å². The predicted octanol–water partition coefficient (Wildman–Crippen LogP) is 0.732. The molecule has 1 atom stereocenters. The van der Waals surface area contributed by atoms with E-state index in [2.05, 4.69) is 0 Å². The van der Waals surface area contributed by atoms with Crippen molar-refractivity contribution < 1.29 is 19.8 Å². The maximum absolute atomic E-state index is 12.1. The highest BCUT2D eigenvalue weighted by atomic mass is 32.2. The summed E-state index contributed by atoms with van der Waals surface area (Å²) in [6.07, 6.45) is 1.56. The number of carbonyl (C=O) groups is 2. The summed E-state index contributed by atoms with van der Waals surface area (Å²) >= 11 is 6.04. The molecule has 0 unspecified atom stereocenters. The standard InChI is InChI=1S/C13H11NO4S2/c1-7(12(17)18)14-11(16)10(20-13(14)19)6-8-3-2-4-9(15)5-8/h2-7,15H,1H3,(H,17,18)/p-1/b10-6+/t7-/m0/s1. The van der Waals surface area contributed by atoms with Gasteiger partial charge in [-0.25, -0.2) is 0 Å². The number of benzene rings is 1. The zero-order chi connectivity index (χ0) is 14.9. The van der Waals surface area contributed by atoms with Crippen molar-refractivity contribution in [3.63, 3.8) is 0 Å². The quantitative estimate of drug-likeness (QED) is 0.655. The maximum Gasteiger partial charge on any atom is 0.266 e. The SMILES string of the molecule is C[C@@H](C(=O)[O-])N1C(=O)/C(=C\c2cccc(O)c2)SC1=S. The Bertz CT molecular complexity index is 627. The van der Waals surface area contributed by atoms with Gasteiger partial charge in [-0.2, -0.15) is 0 Å². The second-order valence-electron chi connectivity index (χ2n) is 4.14. The molecule has 1 aromatic rings. The van der Waals surface area contributed by atoms with Crippen molar-refractivity contribution in [2.75, 3.05) is 0 Å². The van der Waals surface area contributed by atoms with Crippen LogP contribution in [0.1, 0.15) is 12.5 Å². The number of nitrogens with zero attached hydrogens (tertiary/aromatic N) is 1. The van der Waals surface area contributed by atoms with E-state index in [0.29, 0.717) is 10.5 Å². The van der Waals surface area contributed by atoms with Crippen LogP contribution >= 0.6 is 24.0 Å². The normalized spacial score (nSPS) is 18.6. The van der Waals surface area contributed by atoms with Crippen LogP contribution in [0.2, 0.25) is 0 Å². The third-order valence-electron chi connectivity index (χ3n) is 2.72. The van der Waals surface area contributed by atoms with Gasteiger partial charge in [-0.1, -0.05) is 36.1 Å². The molecule has 1 aromatic carbocycles. The molecule has 5 nitrogen and oxygen atoms in total. The number of rotatable bonds is 3. The van der Waals surface area contributed by atoms with Crippen LogP contribution in [0, 0.1) is 0 Å². The number of aromatic hydroxyl groups is 1. The first-order chi connectivity index (χ1) is 9.40. The van der Waals surface area contributed by atoms with E-state index < -0.39 is 17.9 Å². The first-order valence-electron chi connectivity index (χ1n) is 5.67. The van der Waals surface area contributed by atoms with Gasteiger partial charge < -0.3 is 15.0 Å². The number of phenolic OH excluding ortho intramolecular Hbond substituents is 1. The van der Waals surface area contributed by atoms with Crippen molar-refractivity contribution >= 4 is 46.3 Å². The van der Waals surface area contributed by atoms with Crippen molar-refractivity contribution in [2.24, 2.45) is 0 Å². The highest BCUT2D eigenvalue weighted by Crippen LogP contribution is 2.34. The molecule has 0 aliphatic carbocycles. The summed E-state index contributed by atoms with van der Waals surface area (Å²) < 4.78 is 0.179. The minimum Gasteiger partial charge on any atom is -0.548 e. The molecule has 1 amide bonds. The van der Waals surface area contributed by atoms with E-state index in [1.165, 1.54) is 19.1 Å². The van der Waals surface area contributed by atoms with Crippen LogP contribution in [0.5, 0.6) is 5.75 Å². The van der Waals surface area contributed by atoms with Gasteiger partial charge in [-0.3, -0.25) is 9.69 Å². The molecule has 7 heteroatoms. The van der Waals surface area contributed by atoms with Crippen molar-refractivity contribution in [1.29, 1.82) is 0 Å². The van der Waals surface area contributed by atoms with Gasteiger partial charge in [0.15, 0.2) is 0 Å². The van der Waals surface area contributed by atoms with Crippen LogP contribution in [0.25, 0.3) is 6.08 Å². The van der Waals surface area contributed by atoms with Gasteiger partial charge in [0.2, 0.25) is 0 Å². The summed E-state index contributed by atoms with van der Waals surface area (Å²) in [5.41, 5.74) is 0.631. The Morgan fingerprint density at radius 3 is 2.85 bits per heavy atom. The van der Waals surface area contributed by atoms with E-state index in [4.69, 9.17) is 12.2 Å². The molecule has 104 valence electrons. The van der Waals surface area contributed by atoms with E-state index in [9.17, 15) is 19.8 Å². The van der Waals surface area contributed by atoms with Crippen LogP contribution in [0.3, 0.4) is 0 Å². The van der Waals surface area contributed by atoms with Crippen molar-refractivity contribution in [2.45, 2.75) is 13.0 Å². The fourth-order valence-corrected chi connectivity index (χ4v) is 3.10. The Hall–Kier alpha value is -1.86. The molecule has 2 rings (SSSR count). The van der Waals surface area contributed by atoms with E-state index in [-0.39, 0.29) is 10.1 Å². The van der Waals surface area contributed by atoms with E-state index in [1.807, 2.05) is 0 Å². The number of hydrogen-bond donors (Lipinski definition) is 1. The lowest BCUT2D eigenvalue weighted by Crippen LogP contribution is -2.48. The zero-order valence-electron chi connectivity index (χ0n) is 10.4. The molecule has 1 fully saturated rings. The zero-order valence-corrected chi connectivity index (χ0v) is 12.0. The Balaban J connectivity index is 2.30. The third kappa shape index (κ3) is 2.83. The monoisotopic (exact) mass is 308 g/mol. The minimum absolute atomic E-state index is 0.0809. The van der Waals surface area contributed by atoms with Gasteiger partial charge in [-0.15, -0.1) is 0 Å². The number of carbonyl (C=O) groups excluding carboxylic acids is 2. The number of aliphatic carboxylic acids is 1. The van der Waals surface area contributed by atoms with Crippen LogP contribution in [0.4, 0.5) is 0 Å². The Labute approximate surface area is 124 Å². The molecule has 0 spiro atoms. The van der Waals surface area contributed by atoms with Gasteiger partial charge >= 0.3 is 0 Å². The van der Waals surface area contributed by atoms with E-state index in [0.717, 1.165) is 16.7 Å². The summed E-state index contributed by atoms with van der Waals surface area (Å²) in [5, 5.41) is 20.2. The van der Waals surface area contributed by atoms with Gasteiger partial charge in [0.25, 0.3) is 5.91 Å². The lowest BCUT2D eigenvalue weighted by Gasteiger charge is -2.23. The number of carboxylic acid groups (broad SMARTS) is 1. The maximum atomic E-state index is 12.1. The van der Waals surface area contributed by atoms with Crippen LogP contribution in [-0.2, 0) is 9.59 Å². The van der Waals surface area contributed by atoms with Crippen molar-refractivity contribution in [3.8, 4) is 5.75 Å². The number of thiocarbonyl (C=S) groups is 1. The molecule has 1 aliphatic heterocycles. The van der Waals surface area contributed by atoms with Crippen LogP contribution in [0.15, 0.2) is 29.2 Å². The second kappa shape index (κ2) is 5.64. The number of hydrogen-bond acceptors (Lipinski definition) is 6. The topological polar surface area (TPSA) is 80.7 Å². The van der Waals surface area contributed by atoms with E-state index in [1.54, 1.807) is 18.2 Å². The Morgan fingerprint density at radius 2 is 2.25 bits per heavy atom. The van der Waals surface area contributed by atoms with Gasteiger partial charge in [0.05, 0.1) is 16.9 Å². The summed E-state index contributed by atoms with van der Waals surface area (Å²) in [7, 11) is 0. The Kier molecular flexibility index (Phi) is 4.10. The number of thioether (sulfide) groups is 1. The average Bonchev–Trinajstić information content (AvgIpc) is 2.63. The van der Waals surface area contributed by atoms with Gasteiger partial charge in [0, 0.05) is 0 Å². The Morgan fingerprint density at radius 1 is 1.55 bits per heavy atom. The summed E-state index contributed by atoms with van der Waals surface area (Å²) in [4.78, 5) is 24.3. The molecule has 0 aromatic heterocycles. The predicted molar refractivity (Wildman–Crippen MR) is 77.6 cm³/mol. The third-order valence-corrected chi connectivity index (χ3v) is 4.05. The molecule has 1 aliphatic rings. The molecule has 1 N–H and O–H groups in total. The smallest absolute Gasteiger partial charge is 0.266 e. The lowest BCUT2D eigenvalue weighted by atomic mass is 10.2. The summed E-state index contributed by atoms with van der Waals surface area (Å²) in [6, 6.07) is 5.26. The molecule has 0 bridgehead atoms. The molecule has 1 heterocycles. The average molecular weight is 308 g/mol. The second-order valence-corrected chi connectivity index (χ2v) is 5.82. The van der Waals surface area contributed by atoms with Gasteiger partial charge in [-0.05, 0) is 30.7 Å². The molecule has 1 saturated heterocycles. The minimum atomic E-state index is -1.36. The highest BCUT2D eigenvalue weighted by molar-refractivity contribution is 8.26. The molecule has 20 heavy (non-hydrogen) atoms. The first-order valence-corrected chi connectivity index (χ1v) is 6.89. The van der Waals surface area contributed by atoms with Gasteiger partial charge in [0.1, 0.15) is 10.1 Å². The fraction of sp³-hybridized carbons (Fsp3) is 0.154. The summed E-state index contributed by atoms with van der Waals surface area (Å²) in [6.45, 7) is 1.34. The van der Waals surface area contributed by atoms with Crippen LogP contribution < -0.4 is 5.11 Å². The fourth-order valence-electron chi connectivity index (χ4n) is 1.69. The van der Waals surface area contributed by atoms with E-state index >= 15 is 0 Å². The molecule has 0 radical (unpaired) electrons. The largest absolute Gasteiger partial charge is 0.548 e. The van der Waals surface area contributed by atoms with Crippen LogP contribution in [-0.4, -0.2) is 32.2 Å².